The first kappa shape index (κ1) is 29.3. The van der Waals surface area contributed by atoms with Gasteiger partial charge in [-0.25, -0.2) is 31.3 Å². The fourth-order valence-electron chi connectivity index (χ4n) is 4.22. The number of rotatable bonds is 4. The molecule has 214 valence electrons. The molecule has 1 N–H and O–H groups in total. The predicted molar refractivity (Wildman–Crippen MR) is 138 cm³/mol. The molecular formula is C21H25F3N6O6S3. The van der Waals surface area contributed by atoms with Crippen molar-refractivity contribution in [1.29, 1.82) is 0 Å². The van der Waals surface area contributed by atoms with Crippen molar-refractivity contribution >= 4 is 48.4 Å². The van der Waals surface area contributed by atoms with E-state index in [0.717, 1.165) is 42.1 Å². The highest BCUT2D eigenvalue weighted by atomic mass is 32.2. The van der Waals surface area contributed by atoms with Crippen LogP contribution < -0.4 is 4.90 Å². The van der Waals surface area contributed by atoms with Crippen LogP contribution in [0.4, 0.5) is 18.9 Å². The standard InChI is InChI=1S/C19H24N6O4S3.C2HF3O2/c1-23-7-5-14(6-8-23)25-18(20-17(21-25)12-31(2,26)27)13-3-4-15-16(11-13)30-19-22-32(28,29)10-9-24(15)19;3-2(4,5)1(6)7/h3-4,11,14H,5-10,12H2,1-2H3;(H,6,7). The van der Waals surface area contributed by atoms with Gasteiger partial charge in [-0.05, 0) is 62.9 Å². The number of hydrogen-bond acceptors (Lipinski definition) is 10. The third kappa shape index (κ3) is 7.09. The zero-order valence-electron chi connectivity index (χ0n) is 20.8. The highest BCUT2D eigenvalue weighted by molar-refractivity contribution is 8.15. The number of anilines is 1. The second-order valence-corrected chi connectivity index (χ2v) is 14.2. The number of sulfonamides is 1. The van der Waals surface area contributed by atoms with E-state index in [9.17, 15) is 30.0 Å². The Morgan fingerprint density at radius 1 is 1.21 bits per heavy atom. The number of alkyl halides is 3. The summed E-state index contributed by atoms with van der Waals surface area (Å²) in [6.45, 7) is 2.26. The van der Waals surface area contributed by atoms with Crippen molar-refractivity contribution in [1.82, 2.24) is 19.7 Å². The fraction of sp³-hybridized carbons (Fsp3) is 0.524. The van der Waals surface area contributed by atoms with Gasteiger partial charge >= 0.3 is 12.1 Å². The van der Waals surface area contributed by atoms with Gasteiger partial charge in [-0.1, -0.05) is 0 Å². The van der Waals surface area contributed by atoms with Gasteiger partial charge in [-0.15, -0.1) is 4.40 Å². The lowest BCUT2D eigenvalue weighted by Crippen LogP contribution is -2.35. The zero-order chi connectivity index (χ0) is 28.8. The number of amidine groups is 1. The zero-order valence-corrected chi connectivity index (χ0v) is 23.2. The summed E-state index contributed by atoms with van der Waals surface area (Å²) in [5.74, 6) is -2.03. The minimum atomic E-state index is -5.08. The van der Waals surface area contributed by atoms with E-state index in [1.807, 2.05) is 27.8 Å². The van der Waals surface area contributed by atoms with Gasteiger partial charge in [-0.2, -0.15) is 18.3 Å². The molecule has 1 aromatic carbocycles. The largest absolute Gasteiger partial charge is 0.490 e. The van der Waals surface area contributed by atoms with E-state index >= 15 is 0 Å². The van der Waals surface area contributed by atoms with Crippen LogP contribution in [0.3, 0.4) is 0 Å². The smallest absolute Gasteiger partial charge is 0.475 e. The van der Waals surface area contributed by atoms with E-state index in [1.54, 1.807) is 0 Å². The third-order valence-electron chi connectivity index (χ3n) is 6.07. The van der Waals surface area contributed by atoms with Crippen molar-refractivity contribution in [2.45, 2.75) is 35.7 Å². The molecule has 0 bridgehead atoms. The van der Waals surface area contributed by atoms with Gasteiger partial charge in [0.05, 0.1) is 17.5 Å². The number of carboxylic acids is 1. The maximum absolute atomic E-state index is 11.9. The van der Waals surface area contributed by atoms with Gasteiger partial charge in [0.25, 0.3) is 10.0 Å². The molecule has 3 aliphatic rings. The number of carbonyl (C=O) groups is 1. The molecule has 39 heavy (non-hydrogen) atoms. The molecule has 1 aromatic heterocycles. The lowest BCUT2D eigenvalue weighted by molar-refractivity contribution is -0.192. The lowest BCUT2D eigenvalue weighted by Gasteiger charge is -2.29. The van der Waals surface area contributed by atoms with Gasteiger partial charge in [0, 0.05) is 23.3 Å². The van der Waals surface area contributed by atoms with Crippen molar-refractivity contribution in [3.05, 3.63) is 24.0 Å². The van der Waals surface area contributed by atoms with Crippen LogP contribution in [0.1, 0.15) is 24.7 Å². The molecule has 0 amide bonds. The highest BCUT2D eigenvalue weighted by Crippen LogP contribution is 2.44. The maximum Gasteiger partial charge on any atom is 0.490 e. The molecule has 3 aliphatic heterocycles. The topological polar surface area (TPSA) is 155 Å². The normalized spacial score (nSPS) is 19.5. The molecule has 2 aromatic rings. The Morgan fingerprint density at radius 2 is 1.85 bits per heavy atom. The third-order valence-corrected chi connectivity index (χ3v) is 9.16. The first-order valence-corrected chi connectivity index (χ1v) is 16.1. The molecule has 0 spiro atoms. The van der Waals surface area contributed by atoms with Crippen molar-refractivity contribution in [2.75, 3.05) is 43.6 Å². The number of aliphatic carboxylic acids is 1. The number of nitrogens with zero attached hydrogens (tertiary/aromatic N) is 6. The lowest BCUT2D eigenvalue weighted by atomic mass is 10.1. The van der Waals surface area contributed by atoms with Crippen LogP contribution in [0.5, 0.6) is 0 Å². The summed E-state index contributed by atoms with van der Waals surface area (Å²) in [6.07, 6.45) is -2.08. The number of benzene rings is 1. The number of piperidine rings is 1. The number of thioether (sulfide) groups is 1. The van der Waals surface area contributed by atoms with E-state index < -0.39 is 32.0 Å². The van der Waals surface area contributed by atoms with Crippen LogP contribution in [0, 0.1) is 0 Å². The second-order valence-electron chi connectivity index (χ2n) is 9.30. The molecule has 0 radical (unpaired) electrons. The summed E-state index contributed by atoms with van der Waals surface area (Å²) in [4.78, 5) is 18.6. The Kier molecular flexibility index (Phi) is 8.04. The van der Waals surface area contributed by atoms with Crippen LogP contribution in [0.25, 0.3) is 11.4 Å². The first-order chi connectivity index (χ1) is 18.0. The van der Waals surface area contributed by atoms with Crippen LogP contribution >= 0.6 is 11.8 Å². The van der Waals surface area contributed by atoms with Gasteiger partial charge in [-0.3, -0.25) is 0 Å². The summed E-state index contributed by atoms with van der Waals surface area (Å²) in [6, 6.07) is 5.99. The molecule has 0 unspecified atom stereocenters. The number of halogens is 3. The van der Waals surface area contributed by atoms with Gasteiger partial charge in [0.1, 0.15) is 5.75 Å². The van der Waals surface area contributed by atoms with Crippen molar-refractivity contribution < 1.29 is 39.9 Å². The molecule has 18 heteroatoms. The van der Waals surface area contributed by atoms with E-state index in [2.05, 4.69) is 26.4 Å². The summed E-state index contributed by atoms with van der Waals surface area (Å²) in [5.41, 5.74) is 1.75. The van der Waals surface area contributed by atoms with Crippen molar-refractivity contribution in [3.63, 3.8) is 0 Å². The maximum atomic E-state index is 11.9. The van der Waals surface area contributed by atoms with Crippen LogP contribution in [-0.2, 0) is 30.4 Å². The quantitative estimate of drug-likeness (QED) is 0.540. The van der Waals surface area contributed by atoms with Crippen molar-refractivity contribution in [2.24, 2.45) is 4.40 Å². The molecule has 12 nitrogen and oxygen atoms in total. The van der Waals surface area contributed by atoms with Crippen molar-refractivity contribution in [3.8, 4) is 11.4 Å². The van der Waals surface area contributed by atoms with Gasteiger partial charge in [0.15, 0.2) is 26.7 Å². The number of hydrogen-bond donors (Lipinski definition) is 1. The monoisotopic (exact) mass is 610 g/mol. The fourth-order valence-corrected chi connectivity index (χ4v) is 7.11. The van der Waals surface area contributed by atoms with E-state index in [1.165, 1.54) is 18.0 Å². The highest BCUT2D eigenvalue weighted by Gasteiger charge is 2.38. The second kappa shape index (κ2) is 10.7. The Morgan fingerprint density at radius 3 is 2.44 bits per heavy atom. The Labute approximate surface area is 226 Å². The summed E-state index contributed by atoms with van der Waals surface area (Å²) in [7, 11) is -4.60. The molecule has 0 aliphatic carbocycles. The number of likely N-dealkylation sites (tertiary alicyclic amines) is 1. The first-order valence-electron chi connectivity index (χ1n) is 11.6. The van der Waals surface area contributed by atoms with Crippen LogP contribution in [0.2, 0.25) is 0 Å². The SMILES string of the molecule is CN1CCC(n2nc(CS(C)(=O)=O)nc2-c2ccc3c(c2)SC2=NS(=O)(=O)CCN23)CC1.O=C(O)C(F)(F)F. The van der Waals surface area contributed by atoms with E-state index in [4.69, 9.17) is 9.90 Å². The molecule has 0 saturated carbocycles. The van der Waals surface area contributed by atoms with Crippen LogP contribution in [0.15, 0.2) is 27.5 Å². The molecule has 1 saturated heterocycles. The van der Waals surface area contributed by atoms with E-state index in [-0.39, 0.29) is 17.5 Å². The molecular weight excluding hydrogens is 585 g/mol. The molecule has 4 heterocycles. The Balaban J connectivity index is 0.000000448. The van der Waals surface area contributed by atoms with Gasteiger partial charge < -0.3 is 14.9 Å². The molecule has 0 atom stereocenters. The Hall–Kier alpha value is -2.70. The summed E-state index contributed by atoms with van der Waals surface area (Å²) < 4.78 is 85.0. The molecule has 5 rings (SSSR count). The van der Waals surface area contributed by atoms with E-state index in [0.29, 0.717) is 23.4 Å². The minimum absolute atomic E-state index is 0.00243. The number of sulfone groups is 1. The minimum Gasteiger partial charge on any atom is -0.475 e. The van der Waals surface area contributed by atoms with Crippen LogP contribution in [-0.4, -0.2) is 97.6 Å². The number of aromatic nitrogens is 3. The average molecular weight is 611 g/mol. The summed E-state index contributed by atoms with van der Waals surface area (Å²) in [5, 5.41) is 12.2. The predicted octanol–water partition coefficient (Wildman–Crippen LogP) is 2.00. The number of carboxylic acid groups (broad SMARTS) is 1. The number of fused-ring (bicyclic) bond motifs is 3. The summed E-state index contributed by atoms with van der Waals surface area (Å²) >= 11 is 1.33. The Bertz CT molecular complexity index is 1520. The van der Waals surface area contributed by atoms with Gasteiger partial charge in [0.2, 0.25) is 0 Å². The average Bonchev–Trinajstić information content (AvgIpc) is 3.37. The molecule has 1 fully saturated rings.